The number of anilines is 1. The van der Waals surface area contributed by atoms with Crippen LogP contribution >= 0.6 is 0 Å². The molecule has 0 spiro atoms. The van der Waals surface area contributed by atoms with Crippen molar-refractivity contribution in [2.45, 2.75) is 85.5 Å². The summed E-state index contributed by atoms with van der Waals surface area (Å²) in [6.07, 6.45) is 1.60. The number of carboxylic acid groups (broad SMARTS) is 3. The molecule has 6 N–H and O–H groups in total. The summed E-state index contributed by atoms with van der Waals surface area (Å²) in [4.78, 5) is 68.3. The fourth-order valence-corrected chi connectivity index (χ4v) is 7.38. The Balaban J connectivity index is 0.00000641. The number of aromatic nitrogens is 4. The quantitative estimate of drug-likeness (QED) is 0.0789. The number of aliphatic carboxylic acids is 3. The van der Waals surface area contributed by atoms with Crippen molar-refractivity contribution in [3.05, 3.63) is 99.1 Å². The van der Waals surface area contributed by atoms with Gasteiger partial charge in [-0.15, -0.1) is 22.1 Å². The number of nitrogens with one attached hydrogen (secondary N) is 1. The van der Waals surface area contributed by atoms with Gasteiger partial charge in [0.25, 0.3) is 0 Å². The minimum absolute atomic E-state index is 0. The number of rotatable bonds is 15. The van der Waals surface area contributed by atoms with Gasteiger partial charge in [0.2, 0.25) is 5.91 Å². The molecule has 1 amide bonds. The molecule has 14 heteroatoms. The van der Waals surface area contributed by atoms with E-state index in [1.165, 1.54) is 0 Å². The van der Waals surface area contributed by atoms with Gasteiger partial charge in [0.1, 0.15) is 0 Å². The Bertz CT molecular complexity index is 2510. The van der Waals surface area contributed by atoms with Crippen molar-refractivity contribution in [1.82, 2.24) is 25.3 Å². The third kappa shape index (κ3) is 10.0. The van der Waals surface area contributed by atoms with Gasteiger partial charge in [-0.3, -0.25) is 19.2 Å². The number of nitrogens with two attached hydrogens (primary N) is 1. The van der Waals surface area contributed by atoms with Crippen LogP contribution in [0.5, 0.6) is 0 Å². The molecule has 4 aromatic rings. The normalized spacial score (nSPS) is 12.4. The van der Waals surface area contributed by atoms with Crippen LogP contribution in [0.15, 0.2) is 48.5 Å². The molecule has 0 unspecified atom stereocenters. The van der Waals surface area contributed by atoms with Gasteiger partial charge in [0, 0.05) is 37.9 Å². The van der Waals surface area contributed by atoms with Gasteiger partial charge in [-0.05, 0) is 99.8 Å². The predicted octanol–water partition coefficient (Wildman–Crippen LogP) is 6.67. The second kappa shape index (κ2) is 18.6. The Morgan fingerprint density at radius 2 is 1.00 bits per heavy atom. The first kappa shape index (κ1) is 43.3. The minimum atomic E-state index is -0.948. The maximum Gasteiger partial charge on any atom is 2.00 e. The van der Waals surface area contributed by atoms with E-state index in [2.05, 4.69) is 5.32 Å². The Kier molecular flexibility index (Phi) is 13.9. The van der Waals surface area contributed by atoms with Crippen LogP contribution in [-0.4, -0.2) is 55.6 Å². The molecule has 304 valence electrons. The third-order valence-corrected chi connectivity index (χ3v) is 10.7. The monoisotopic (exact) mass is 965 g/mol. The number of amides is 1. The van der Waals surface area contributed by atoms with Gasteiger partial charge < -0.3 is 36.3 Å². The van der Waals surface area contributed by atoms with Crippen molar-refractivity contribution < 1.29 is 55.6 Å². The van der Waals surface area contributed by atoms with E-state index < -0.39 is 17.9 Å². The fourth-order valence-electron chi connectivity index (χ4n) is 7.38. The average Bonchev–Trinajstić information content (AvgIpc) is 3.81. The van der Waals surface area contributed by atoms with Crippen molar-refractivity contribution in [1.29, 1.82) is 0 Å². The van der Waals surface area contributed by atoms with E-state index >= 15 is 0 Å². The van der Waals surface area contributed by atoms with Crippen LogP contribution in [0.1, 0.15) is 103 Å². The van der Waals surface area contributed by atoms with Crippen molar-refractivity contribution in [3.8, 4) is 0 Å². The second-order valence-electron chi connectivity index (χ2n) is 14.5. The molecule has 2 aliphatic heterocycles. The van der Waals surface area contributed by atoms with E-state index in [-0.39, 0.29) is 71.9 Å². The van der Waals surface area contributed by atoms with Gasteiger partial charge >= 0.3 is 39.0 Å². The van der Waals surface area contributed by atoms with E-state index in [1.807, 2.05) is 76.2 Å². The zero-order chi connectivity index (χ0) is 41.0. The summed E-state index contributed by atoms with van der Waals surface area (Å²) in [6, 6.07) is 14.9. The molecule has 0 saturated heterocycles. The zero-order valence-electron chi connectivity index (χ0n) is 32.8. The summed E-state index contributed by atoms with van der Waals surface area (Å²) in [5, 5.41) is 31.8. The molecule has 0 fully saturated rings. The number of hydrogen-bond acceptors (Lipinski definition) is 7. The van der Waals surface area contributed by atoms with Gasteiger partial charge in [-0.1, -0.05) is 58.7 Å². The summed E-state index contributed by atoms with van der Waals surface area (Å²) in [5.41, 5.74) is 18.5. The maximum atomic E-state index is 13.1. The van der Waals surface area contributed by atoms with Crippen molar-refractivity contribution in [2.24, 2.45) is 0 Å². The van der Waals surface area contributed by atoms with Gasteiger partial charge in [-0.25, -0.2) is 9.97 Å². The van der Waals surface area contributed by atoms with Gasteiger partial charge in [-0.2, -0.15) is 0 Å². The van der Waals surface area contributed by atoms with Crippen molar-refractivity contribution in [3.63, 3.8) is 0 Å². The first-order valence-electron chi connectivity index (χ1n) is 19.0. The van der Waals surface area contributed by atoms with Crippen LogP contribution in [0.2, 0.25) is 0 Å². The number of carboxylic acids is 3. The molecule has 0 aliphatic carbocycles. The fraction of sp³-hybridized carbons (Fsp3) is 0.318. The molecule has 3 aromatic heterocycles. The van der Waals surface area contributed by atoms with E-state index in [0.29, 0.717) is 69.9 Å². The van der Waals surface area contributed by atoms with E-state index in [0.717, 1.165) is 50.1 Å². The average molecular weight is 966 g/mol. The molecule has 13 nitrogen and oxygen atoms in total. The number of hydrogen-bond donors (Lipinski definition) is 5. The maximum absolute atomic E-state index is 13.1. The van der Waals surface area contributed by atoms with Crippen LogP contribution in [0.4, 0.5) is 5.69 Å². The summed E-state index contributed by atoms with van der Waals surface area (Å²) in [7, 11) is 0. The summed E-state index contributed by atoms with van der Waals surface area (Å²) in [6.45, 7) is 8.06. The molecule has 6 rings (SSSR count). The number of carbonyl (C=O) groups is 4. The van der Waals surface area contributed by atoms with Gasteiger partial charge in [0.05, 0.1) is 22.8 Å². The number of allylic oxidation sites excluding steroid dienone is 4. The topological polar surface area (TPSA) is 221 Å². The second-order valence-corrected chi connectivity index (χ2v) is 14.5. The largest absolute Gasteiger partial charge is 2.00 e. The van der Waals surface area contributed by atoms with Gasteiger partial charge in [0.15, 0.2) is 0 Å². The molecule has 58 heavy (non-hydrogen) atoms. The van der Waals surface area contributed by atoms with Crippen LogP contribution in [0.3, 0.4) is 0 Å². The van der Waals surface area contributed by atoms with Crippen LogP contribution < -0.4 is 21.0 Å². The van der Waals surface area contributed by atoms with E-state index in [9.17, 15) is 34.5 Å². The molecule has 0 radical (unpaired) electrons. The van der Waals surface area contributed by atoms with Crippen LogP contribution in [0, 0.1) is 13.8 Å². The zero-order valence-corrected chi connectivity index (χ0v) is 35.1. The number of nitrogens with zero attached hydrogens (tertiary/aromatic N) is 4. The standard InChI is InChI=1S/C44H48N6O7.Pt/c1-23-29(9-13-41(51)46-18-17-27-5-7-28(45)8-6-27)37-19-34-24(2)30(10-14-42(52)53)39(48-34)21-36-26(4)32(12-16-44(56)57)40(50-36)22-35-25(3)31(11-15-43(54)55)38(49-35)20-33(23)47-37;/h5-8,19-22H,9-18,45H2,1-4H3,(H6,46,47,48,49,50,51,52,53,54,55,56,57);/q;+2/p-2. The molecule has 0 atom stereocenters. The Labute approximate surface area is 350 Å². The summed E-state index contributed by atoms with van der Waals surface area (Å²) >= 11 is 0. The molecular weight excluding hydrogens is 920 g/mol. The summed E-state index contributed by atoms with van der Waals surface area (Å²) in [5.74, 6) is -2.94. The van der Waals surface area contributed by atoms with Crippen LogP contribution in [-0.2, 0) is 59.5 Å². The molecule has 1 aromatic carbocycles. The Hall–Kier alpha value is -5.81. The van der Waals surface area contributed by atoms with E-state index in [4.69, 9.17) is 25.7 Å². The Morgan fingerprint density at radius 1 is 0.586 bits per heavy atom. The smallest absolute Gasteiger partial charge is 0.657 e. The molecule has 5 heterocycles. The molecular formula is C44H46N6O7Pt. The third-order valence-electron chi connectivity index (χ3n) is 10.7. The number of carbonyl (C=O) groups excluding carboxylic acids is 1. The Morgan fingerprint density at radius 3 is 1.45 bits per heavy atom. The molecule has 0 saturated carbocycles. The first-order chi connectivity index (χ1) is 27.2. The predicted molar refractivity (Wildman–Crippen MR) is 219 cm³/mol. The van der Waals surface area contributed by atoms with E-state index in [1.54, 1.807) is 0 Å². The SMILES string of the molecule is CC1=C(CCC(=O)O)c2cc3[n-]c(cc4nc(cc5[n-]c(cc1n2)c(CCC(=O)O)c5C)C(CCC(=O)NCCc1ccc(N)cc1)=C4C)c(CCC(=O)O)c3C.[Pt+2]. The van der Waals surface area contributed by atoms with Crippen LogP contribution in [0.25, 0.3) is 44.4 Å². The number of fused-ring (bicyclic) bond motifs is 8. The molecule has 8 bridgehead atoms. The van der Waals surface area contributed by atoms with Crippen molar-refractivity contribution in [2.75, 3.05) is 12.3 Å². The number of benzene rings is 1. The van der Waals surface area contributed by atoms with Crippen molar-refractivity contribution >= 4 is 73.9 Å². The first-order valence-corrected chi connectivity index (χ1v) is 19.0. The summed E-state index contributed by atoms with van der Waals surface area (Å²) < 4.78 is 0. The molecule has 2 aliphatic rings. The number of aryl methyl sites for hydroxylation is 4. The number of nitrogen functional groups attached to an aromatic ring is 1. The minimum Gasteiger partial charge on any atom is -0.657 e.